The Kier molecular flexibility index (Phi) is 1.94. The van der Waals surface area contributed by atoms with Gasteiger partial charge in [-0.3, -0.25) is 4.98 Å². The van der Waals surface area contributed by atoms with E-state index in [1.807, 2.05) is 13.8 Å². The molecule has 0 radical (unpaired) electrons. The average molecular weight is 153 g/mol. The van der Waals surface area contributed by atoms with Crippen molar-refractivity contribution in [2.75, 3.05) is 5.73 Å². The molecule has 1 aromatic heterocycles. The molecule has 0 fully saturated rings. The maximum absolute atomic E-state index is 10.6. The molecule has 0 saturated carbocycles. The molecule has 0 saturated heterocycles. The van der Waals surface area contributed by atoms with Gasteiger partial charge in [0.1, 0.15) is 5.82 Å². The molecule has 0 unspecified atom stereocenters. The van der Waals surface area contributed by atoms with E-state index in [2.05, 4.69) is 9.97 Å². The van der Waals surface area contributed by atoms with E-state index in [9.17, 15) is 4.79 Å². The van der Waals surface area contributed by atoms with E-state index in [0.29, 0.717) is 11.7 Å². The van der Waals surface area contributed by atoms with E-state index in [1.165, 1.54) is 6.20 Å². The van der Waals surface area contributed by atoms with E-state index in [0.717, 1.165) is 5.56 Å². The SMILES string of the molecule is CC(C)c1cnc(=O)[nH]c1N. The van der Waals surface area contributed by atoms with Crippen LogP contribution in [0.15, 0.2) is 11.0 Å². The summed E-state index contributed by atoms with van der Waals surface area (Å²) in [6.07, 6.45) is 1.51. The molecule has 1 aromatic rings. The number of nitrogens with one attached hydrogen (secondary N) is 1. The Morgan fingerprint density at radius 2 is 2.27 bits per heavy atom. The van der Waals surface area contributed by atoms with E-state index < -0.39 is 5.69 Å². The first-order chi connectivity index (χ1) is 5.11. The largest absolute Gasteiger partial charge is 0.385 e. The Morgan fingerprint density at radius 3 is 2.73 bits per heavy atom. The average Bonchev–Trinajstić information content (AvgIpc) is 1.85. The van der Waals surface area contributed by atoms with Gasteiger partial charge in [-0.2, -0.15) is 0 Å². The number of aromatic amines is 1. The lowest BCUT2D eigenvalue weighted by Gasteiger charge is -2.05. The van der Waals surface area contributed by atoms with E-state index >= 15 is 0 Å². The number of hydrogen-bond acceptors (Lipinski definition) is 3. The monoisotopic (exact) mass is 153 g/mol. The Bertz CT molecular complexity index is 303. The van der Waals surface area contributed by atoms with Gasteiger partial charge in [-0.05, 0) is 5.92 Å². The molecule has 3 N–H and O–H groups in total. The van der Waals surface area contributed by atoms with Gasteiger partial charge >= 0.3 is 5.69 Å². The van der Waals surface area contributed by atoms with Crippen LogP contribution >= 0.6 is 0 Å². The van der Waals surface area contributed by atoms with Crippen molar-refractivity contribution in [3.8, 4) is 0 Å². The fourth-order valence-electron chi connectivity index (χ4n) is 0.877. The zero-order valence-electron chi connectivity index (χ0n) is 6.59. The van der Waals surface area contributed by atoms with Crippen molar-refractivity contribution in [1.82, 2.24) is 9.97 Å². The van der Waals surface area contributed by atoms with Crippen LogP contribution in [0.1, 0.15) is 25.3 Å². The van der Waals surface area contributed by atoms with Crippen molar-refractivity contribution < 1.29 is 0 Å². The molecule has 11 heavy (non-hydrogen) atoms. The minimum Gasteiger partial charge on any atom is -0.385 e. The molecule has 4 nitrogen and oxygen atoms in total. The number of anilines is 1. The number of aromatic nitrogens is 2. The predicted molar refractivity (Wildman–Crippen MR) is 43.4 cm³/mol. The summed E-state index contributed by atoms with van der Waals surface area (Å²) < 4.78 is 0. The van der Waals surface area contributed by atoms with Crippen LogP contribution in [0.4, 0.5) is 5.82 Å². The van der Waals surface area contributed by atoms with Crippen LogP contribution in [0.25, 0.3) is 0 Å². The van der Waals surface area contributed by atoms with Gasteiger partial charge in [0.25, 0.3) is 0 Å². The molecule has 1 rings (SSSR count). The highest BCUT2D eigenvalue weighted by Gasteiger charge is 2.03. The van der Waals surface area contributed by atoms with Crippen LogP contribution in [0.3, 0.4) is 0 Å². The summed E-state index contributed by atoms with van der Waals surface area (Å²) in [5, 5.41) is 0. The number of nitrogen functional groups attached to an aromatic ring is 1. The molecule has 60 valence electrons. The van der Waals surface area contributed by atoms with Gasteiger partial charge in [0.15, 0.2) is 0 Å². The molecule has 1 heterocycles. The van der Waals surface area contributed by atoms with E-state index in [4.69, 9.17) is 5.73 Å². The molecule has 0 aliphatic heterocycles. The summed E-state index contributed by atoms with van der Waals surface area (Å²) in [4.78, 5) is 16.6. The molecule has 0 aliphatic carbocycles. The first-order valence-electron chi connectivity index (χ1n) is 3.46. The summed E-state index contributed by atoms with van der Waals surface area (Å²) in [5.74, 6) is 0.708. The highest BCUT2D eigenvalue weighted by molar-refractivity contribution is 5.38. The van der Waals surface area contributed by atoms with Crippen molar-refractivity contribution in [2.45, 2.75) is 19.8 Å². The number of H-pyrrole nitrogens is 1. The third kappa shape index (κ3) is 1.58. The van der Waals surface area contributed by atoms with Crippen LogP contribution in [0, 0.1) is 0 Å². The van der Waals surface area contributed by atoms with Crippen molar-refractivity contribution in [1.29, 1.82) is 0 Å². The fraction of sp³-hybridized carbons (Fsp3) is 0.429. The number of nitrogens with two attached hydrogens (primary N) is 1. The predicted octanol–water partition coefficient (Wildman–Crippen LogP) is 0.476. The Labute approximate surface area is 64.5 Å². The topological polar surface area (TPSA) is 71.8 Å². The second kappa shape index (κ2) is 2.74. The highest BCUT2D eigenvalue weighted by atomic mass is 16.1. The van der Waals surface area contributed by atoms with Crippen LogP contribution in [0.2, 0.25) is 0 Å². The fourth-order valence-corrected chi connectivity index (χ4v) is 0.877. The van der Waals surface area contributed by atoms with Gasteiger partial charge in [-0.25, -0.2) is 9.78 Å². The first kappa shape index (κ1) is 7.78. The van der Waals surface area contributed by atoms with E-state index in [1.54, 1.807) is 0 Å². The van der Waals surface area contributed by atoms with Crippen molar-refractivity contribution in [2.24, 2.45) is 0 Å². The standard InChI is InChI=1S/C7H11N3O/c1-4(2)5-3-9-7(11)10-6(5)8/h3-4H,1-2H3,(H3,8,9,10,11). The highest BCUT2D eigenvalue weighted by Crippen LogP contribution is 2.15. The summed E-state index contributed by atoms with van der Waals surface area (Å²) >= 11 is 0. The second-order valence-corrected chi connectivity index (χ2v) is 2.71. The number of rotatable bonds is 1. The summed E-state index contributed by atoms with van der Waals surface area (Å²) in [6.45, 7) is 3.98. The van der Waals surface area contributed by atoms with E-state index in [-0.39, 0.29) is 0 Å². The quantitative estimate of drug-likeness (QED) is 0.616. The van der Waals surface area contributed by atoms with Crippen molar-refractivity contribution in [3.05, 3.63) is 22.2 Å². The summed E-state index contributed by atoms with van der Waals surface area (Å²) in [6, 6.07) is 0. The lowest BCUT2D eigenvalue weighted by molar-refractivity contribution is 0.844. The molecule has 0 aromatic carbocycles. The lowest BCUT2D eigenvalue weighted by Crippen LogP contribution is -2.14. The third-order valence-electron chi connectivity index (χ3n) is 1.50. The van der Waals surface area contributed by atoms with Crippen molar-refractivity contribution in [3.63, 3.8) is 0 Å². The van der Waals surface area contributed by atoms with Gasteiger partial charge in [0, 0.05) is 11.8 Å². The third-order valence-corrected chi connectivity index (χ3v) is 1.50. The van der Waals surface area contributed by atoms with Crippen molar-refractivity contribution >= 4 is 5.82 Å². The summed E-state index contributed by atoms with van der Waals surface area (Å²) in [5.41, 5.74) is 6.01. The lowest BCUT2D eigenvalue weighted by atomic mass is 10.1. The second-order valence-electron chi connectivity index (χ2n) is 2.71. The Balaban J connectivity index is 3.20. The Hall–Kier alpha value is -1.32. The molecular weight excluding hydrogens is 142 g/mol. The zero-order chi connectivity index (χ0) is 8.43. The molecular formula is C7H11N3O. The first-order valence-corrected chi connectivity index (χ1v) is 3.46. The maximum atomic E-state index is 10.6. The van der Waals surface area contributed by atoms with Gasteiger partial charge in [0.2, 0.25) is 0 Å². The minimum absolute atomic E-state index is 0.291. The zero-order valence-corrected chi connectivity index (χ0v) is 6.59. The molecule has 0 aliphatic rings. The van der Waals surface area contributed by atoms with Gasteiger partial charge in [-0.15, -0.1) is 0 Å². The minimum atomic E-state index is -0.396. The van der Waals surface area contributed by atoms with Crippen LogP contribution in [0.5, 0.6) is 0 Å². The normalized spacial score (nSPS) is 10.5. The smallest absolute Gasteiger partial charge is 0.346 e. The van der Waals surface area contributed by atoms with Crippen LogP contribution in [-0.2, 0) is 0 Å². The molecule has 0 amide bonds. The number of hydrogen-bond donors (Lipinski definition) is 2. The summed E-state index contributed by atoms with van der Waals surface area (Å²) in [7, 11) is 0. The molecule has 4 heteroatoms. The molecule has 0 bridgehead atoms. The number of nitrogens with zero attached hydrogens (tertiary/aromatic N) is 1. The van der Waals surface area contributed by atoms with Gasteiger partial charge < -0.3 is 5.73 Å². The molecule has 0 atom stereocenters. The van der Waals surface area contributed by atoms with Gasteiger partial charge in [0.05, 0.1) is 0 Å². The maximum Gasteiger partial charge on any atom is 0.346 e. The van der Waals surface area contributed by atoms with Crippen LogP contribution < -0.4 is 11.4 Å². The Morgan fingerprint density at radius 1 is 1.64 bits per heavy atom. The van der Waals surface area contributed by atoms with Crippen LogP contribution in [-0.4, -0.2) is 9.97 Å². The van der Waals surface area contributed by atoms with Gasteiger partial charge in [-0.1, -0.05) is 13.8 Å². The molecule has 0 spiro atoms.